The zero-order valence-corrected chi connectivity index (χ0v) is 19.4. The first-order chi connectivity index (χ1) is 16.5. The van der Waals surface area contributed by atoms with Crippen LogP contribution in [0.5, 0.6) is 0 Å². The molecular weight excluding hydrogens is 448 g/mol. The molecule has 0 fully saturated rings. The molecule has 0 aliphatic carbocycles. The summed E-state index contributed by atoms with van der Waals surface area (Å²) in [5, 5.41) is 3.43. The van der Waals surface area contributed by atoms with Gasteiger partial charge in [-0.05, 0) is 49.2 Å². The van der Waals surface area contributed by atoms with Gasteiger partial charge in [0, 0.05) is 23.0 Å². The molecule has 7 heteroatoms. The van der Waals surface area contributed by atoms with Gasteiger partial charge in [-0.2, -0.15) is 9.97 Å². The lowest BCUT2D eigenvalue weighted by atomic mass is 10.1. The molecule has 0 saturated carbocycles. The van der Waals surface area contributed by atoms with Crippen LogP contribution in [-0.2, 0) is 0 Å². The molecular formula is C27H21ClN4O2. The lowest BCUT2D eigenvalue weighted by Crippen LogP contribution is -2.22. The van der Waals surface area contributed by atoms with Crippen molar-refractivity contribution in [3.63, 3.8) is 0 Å². The van der Waals surface area contributed by atoms with Crippen LogP contribution in [0, 0.1) is 13.8 Å². The van der Waals surface area contributed by atoms with Gasteiger partial charge < -0.3 is 9.73 Å². The van der Waals surface area contributed by atoms with E-state index in [2.05, 4.69) is 21.4 Å². The first-order valence-electron chi connectivity index (χ1n) is 10.7. The van der Waals surface area contributed by atoms with Crippen LogP contribution in [0.3, 0.4) is 0 Å². The standard InChI is InChI=1S/C27H21ClN4O2/c1-17-13-18(2)15-21(14-17)29-24-22(28)16-32(27(33)30-24)25-23(19-9-5-3-6-10-19)34-26(31-25)20-11-7-4-8-12-20/h3-16H,1-2H3,(H,29,30,33). The van der Waals surface area contributed by atoms with Gasteiger partial charge in [0.2, 0.25) is 5.89 Å². The Morgan fingerprint density at radius 3 is 2.12 bits per heavy atom. The zero-order chi connectivity index (χ0) is 23.7. The number of anilines is 2. The number of hydrogen-bond acceptors (Lipinski definition) is 5. The molecule has 0 atom stereocenters. The van der Waals surface area contributed by atoms with E-state index in [0.717, 1.165) is 27.9 Å². The van der Waals surface area contributed by atoms with Gasteiger partial charge in [0.1, 0.15) is 5.02 Å². The average Bonchev–Trinajstić information content (AvgIpc) is 3.27. The molecule has 2 heterocycles. The Hall–Kier alpha value is -4.16. The molecule has 0 aliphatic heterocycles. The Bertz CT molecular complexity index is 1510. The molecule has 6 nitrogen and oxygen atoms in total. The fourth-order valence-electron chi connectivity index (χ4n) is 3.81. The molecule has 168 valence electrons. The normalized spacial score (nSPS) is 10.9. The van der Waals surface area contributed by atoms with Crippen molar-refractivity contribution in [1.29, 1.82) is 0 Å². The number of benzene rings is 3. The smallest absolute Gasteiger partial charge is 0.355 e. The van der Waals surface area contributed by atoms with Crippen molar-refractivity contribution < 1.29 is 4.42 Å². The van der Waals surface area contributed by atoms with Crippen molar-refractivity contribution in [1.82, 2.24) is 14.5 Å². The van der Waals surface area contributed by atoms with E-state index in [1.54, 1.807) is 0 Å². The van der Waals surface area contributed by atoms with Crippen molar-refractivity contribution in [3.05, 3.63) is 112 Å². The Balaban J connectivity index is 1.61. The number of aryl methyl sites for hydroxylation is 2. The number of halogens is 1. The molecule has 5 aromatic rings. The molecule has 0 bridgehead atoms. The van der Waals surface area contributed by atoms with Crippen LogP contribution >= 0.6 is 11.6 Å². The van der Waals surface area contributed by atoms with Gasteiger partial charge in [-0.1, -0.05) is 66.2 Å². The summed E-state index contributed by atoms with van der Waals surface area (Å²) in [6.45, 7) is 4.01. The fourth-order valence-corrected chi connectivity index (χ4v) is 4.00. The largest absolute Gasteiger partial charge is 0.434 e. The first kappa shape index (κ1) is 21.7. The second-order valence-electron chi connectivity index (χ2n) is 8.00. The monoisotopic (exact) mass is 468 g/mol. The van der Waals surface area contributed by atoms with Crippen LogP contribution in [0.15, 0.2) is 94.3 Å². The summed E-state index contributed by atoms with van der Waals surface area (Å²) in [6.07, 6.45) is 1.51. The summed E-state index contributed by atoms with van der Waals surface area (Å²) in [7, 11) is 0. The highest BCUT2D eigenvalue weighted by molar-refractivity contribution is 6.32. The Morgan fingerprint density at radius 1 is 0.853 bits per heavy atom. The van der Waals surface area contributed by atoms with Gasteiger partial charge in [0.05, 0.1) is 0 Å². The highest BCUT2D eigenvalue weighted by atomic mass is 35.5. The van der Waals surface area contributed by atoms with Crippen LogP contribution in [0.25, 0.3) is 28.6 Å². The molecule has 5 rings (SSSR count). The van der Waals surface area contributed by atoms with Gasteiger partial charge in [-0.3, -0.25) is 0 Å². The fraction of sp³-hybridized carbons (Fsp3) is 0.0741. The SMILES string of the molecule is Cc1cc(C)cc(Nc2nc(=O)n(-c3nc(-c4ccccc4)oc3-c3ccccc3)cc2Cl)c1. The van der Waals surface area contributed by atoms with Crippen molar-refractivity contribution >= 4 is 23.1 Å². The minimum Gasteiger partial charge on any atom is -0.434 e. The maximum absolute atomic E-state index is 13.1. The van der Waals surface area contributed by atoms with E-state index in [0.29, 0.717) is 17.5 Å². The number of hydrogen-bond donors (Lipinski definition) is 1. The second-order valence-corrected chi connectivity index (χ2v) is 8.40. The number of nitrogens with zero attached hydrogens (tertiary/aromatic N) is 3. The molecule has 34 heavy (non-hydrogen) atoms. The van der Waals surface area contributed by atoms with E-state index in [4.69, 9.17) is 16.0 Å². The van der Waals surface area contributed by atoms with Crippen molar-refractivity contribution in [2.75, 3.05) is 5.32 Å². The van der Waals surface area contributed by atoms with Crippen molar-refractivity contribution in [2.24, 2.45) is 0 Å². The van der Waals surface area contributed by atoms with Gasteiger partial charge in [-0.15, -0.1) is 0 Å². The Kier molecular flexibility index (Phi) is 5.74. The second kappa shape index (κ2) is 9.00. The predicted molar refractivity (Wildman–Crippen MR) is 135 cm³/mol. The lowest BCUT2D eigenvalue weighted by molar-refractivity contribution is 0.588. The average molecular weight is 469 g/mol. The number of rotatable bonds is 5. The lowest BCUT2D eigenvalue weighted by Gasteiger charge is -2.11. The van der Waals surface area contributed by atoms with Crippen LogP contribution in [0.2, 0.25) is 5.02 Å². The van der Waals surface area contributed by atoms with E-state index in [1.165, 1.54) is 10.8 Å². The highest BCUT2D eigenvalue weighted by Crippen LogP contribution is 2.32. The third-order valence-electron chi connectivity index (χ3n) is 5.26. The summed E-state index contributed by atoms with van der Waals surface area (Å²) < 4.78 is 7.44. The van der Waals surface area contributed by atoms with Gasteiger partial charge in [0.25, 0.3) is 0 Å². The Morgan fingerprint density at radius 2 is 1.47 bits per heavy atom. The third kappa shape index (κ3) is 4.36. The quantitative estimate of drug-likeness (QED) is 0.316. The summed E-state index contributed by atoms with van der Waals surface area (Å²) in [5.74, 6) is 1.45. The summed E-state index contributed by atoms with van der Waals surface area (Å²) in [6, 6.07) is 25.0. The van der Waals surface area contributed by atoms with Crippen LogP contribution in [-0.4, -0.2) is 14.5 Å². The molecule has 0 saturated heterocycles. The molecule has 2 aromatic heterocycles. The zero-order valence-electron chi connectivity index (χ0n) is 18.6. The Labute approximate surface area is 201 Å². The minimum absolute atomic E-state index is 0.279. The number of nitrogens with one attached hydrogen (secondary N) is 1. The van der Waals surface area contributed by atoms with Crippen molar-refractivity contribution in [3.8, 4) is 28.6 Å². The molecule has 0 radical (unpaired) electrons. The molecule has 0 spiro atoms. The first-order valence-corrected chi connectivity index (χ1v) is 11.1. The predicted octanol–water partition coefficient (Wildman–Crippen LogP) is 6.57. The minimum atomic E-state index is -0.527. The third-order valence-corrected chi connectivity index (χ3v) is 5.54. The van der Waals surface area contributed by atoms with E-state index >= 15 is 0 Å². The van der Waals surface area contributed by atoms with Gasteiger partial charge in [0.15, 0.2) is 17.4 Å². The van der Waals surface area contributed by atoms with Gasteiger partial charge >= 0.3 is 5.69 Å². The summed E-state index contributed by atoms with van der Waals surface area (Å²) >= 11 is 6.56. The van der Waals surface area contributed by atoms with Crippen LogP contribution < -0.4 is 11.0 Å². The summed E-state index contributed by atoms with van der Waals surface area (Å²) in [4.78, 5) is 22.0. The molecule has 0 aliphatic rings. The number of oxazole rings is 1. The topological polar surface area (TPSA) is 73.0 Å². The highest BCUT2D eigenvalue weighted by Gasteiger charge is 2.20. The maximum atomic E-state index is 13.1. The van der Waals surface area contributed by atoms with E-state index in [-0.39, 0.29) is 10.8 Å². The van der Waals surface area contributed by atoms with Crippen LogP contribution in [0.1, 0.15) is 11.1 Å². The van der Waals surface area contributed by atoms with Crippen molar-refractivity contribution in [2.45, 2.75) is 13.8 Å². The molecule has 0 unspecified atom stereocenters. The van der Waals surface area contributed by atoms with Crippen LogP contribution in [0.4, 0.5) is 11.5 Å². The number of aromatic nitrogens is 3. The molecule has 0 amide bonds. The molecule has 3 aromatic carbocycles. The summed E-state index contributed by atoms with van der Waals surface area (Å²) in [5.41, 5.74) is 4.05. The van der Waals surface area contributed by atoms with Gasteiger partial charge in [-0.25, -0.2) is 9.36 Å². The maximum Gasteiger partial charge on any atom is 0.355 e. The van der Waals surface area contributed by atoms with E-state index in [9.17, 15) is 4.79 Å². The molecule has 1 N–H and O–H groups in total. The van der Waals surface area contributed by atoms with E-state index in [1.807, 2.05) is 86.6 Å². The van der Waals surface area contributed by atoms with E-state index < -0.39 is 5.69 Å².